The van der Waals surface area contributed by atoms with Gasteiger partial charge < -0.3 is 5.32 Å². The van der Waals surface area contributed by atoms with E-state index in [2.05, 4.69) is 22.3 Å². The van der Waals surface area contributed by atoms with E-state index < -0.39 is 0 Å². The minimum atomic E-state index is -0.355. The van der Waals surface area contributed by atoms with Crippen LogP contribution in [0.1, 0.15) is 39.8 Å². The third-order valence-corrected chi connectivity index (χ3v) is 5.22. The van der Waals surface area contributed by atoms with E-state index in [1.807, 2.05) is 39.0 Å². The zero-order chi connectivity index (χ0) is 21.4. The molecule has 0 bridgehead atoms. The van der Waals surface area contributed by atoms with E-state index in [1.54, 1.807) is 22.9 Å². The van der Waals surface area contributed by atoms with Gasteiger partial charge in [-0.15, -0.1) is 0 Å². The summed E-state index contributed by atoms with van der Waals surface area (Å²) in [5.74, 6) is -0.567. The molecule has 2 aromatic carbocycles. The summed E-state index contributed by atoms with van der Waals surface area (Å²) in [6.45, 7) is 7.71. The SMILES string of the molecule is CCc1cccc(C)c1NC(=O)c1cc(C)nc2c1c(C)nn2-c1cccc(F)c1. The molecule has 2 aromatic heterocycles. The maximum atomic E-state index is 13.8. The van der Waals surface area contributed by atoms with Crippen LogP contribution < -0.4 is 5.32 Å². The molecule has 5 nitrogen and oxygen atoms in total. The molecule has 0 atom stereocenters. The zero-order valence-electron chi connectivity index (χ0n) is 17.5. The predicted molar refractivity (Wildman–Crippen MR) is 117 cm³/mol. The first kappa shape index (κ1) is 19.8. The van der Waals surface area contributed by atoms with Gasteiger partial charge in [0.05, 0.1) is 22.3 Å². The van der Waals surface area contributed by atoms with Gasteiger partial charge in [0, 0.05) is 11.4 Å². The number of benzene rings is 2. The lowest BCUT2D eigenvalue weighted by molar-refractivity contribution is 0.102. The van der Waals surface area contributed by atoms with Gasteiger partial charge in [0.1, 0.15) is 5.82 Å². The van der Waals surface area contributed by atoms with Gasteiger partial charge in [-0.2, -0.15) is 5.10 Å². The Labute approximate surface area is 174 Å². The molecule has 0 radical (unpaired) electrons. The van der Waals surface area contributed by atoms with Crippen molar-refractivity contribution in [2.45, 2.75) is 34.1 Å². The summed E-state index contributed by atoms with van der Waals surface area (Å²) in [5.41, 5.74) is 5.87. The highest BCUT2D eigenvalue weighted by molar-refractivity contribution is 6.13. The van der Waals surface area contributed by atoms with Crippen LogP contribution in [0.5, 0.6) is 0 Å². The van der Waals surface area contributed by atoms with E-state index in [0.29, 0.717) is 33.7 Å². The summed E-state index contributed by atoms with van der Waals surface area (Å²) in [4.78, 5) is 17.9. The minimum Gasteiger partial charge on any atom is -0.321 e. The number of amides is 1. The molecular formula is C24H23FN4O. The highest BCUT2D eigenvalue weighted by atomic mass is 19.1. The number of halogens is 1. The highest BCUT2D eigenvalue weighted by Gasteiger charge is 2.21. The van der Waals surface area contributed by atoms with Crippen LogP contribution in [0.3, 0.4) is 0 Å². The van der Waals surface area contributed by atoms with Crippen molar-refractivity contribution in [2.24, 2.45) is 0 Å². The molecular weight excluding hydrogens is 379 g/mol. The molecule has 0 aliphatic carbocycles. The van der Waals surface area contributed by atoms with Gasteiger partial charge in [-0.05, 0) is 62.6 Å². The van der Waals surface area contributed by atoms with Crippen LogP contribution in [0.15, 0.2) is 48.5 Å². The number of carbonyl (C=O) groups is 1. The maximum absolute atomic E-state index is 13.8. The quantitative estimate of drug-likeness (QED) is 0.504. The molecule has 30 heavy (non-hydrogen) atoms. The number of hydrogen-bond acceptors (Lipinski definition) is 3. The Morgan fingerprint density at radius 2 is 1.87 bits per heavy atom. The number of pyridine rings is 1. The van der Waals surface area contributed by atoms with Gasteiger partial charge >= 0.3 is 0 Å². The maximum Gasteiger partial charge on any atom is 0.256 e. The number of aryl methyl sites for hydroxylation is 4. The van der Waals surface area contributed by atoms with Crippen LogP contribution in [0, 0.1) is 26.6 Å². The van der Waals surface area contributed by atoms with Crippen molar-refractivity contribution in [3.05, 3.63) is 82.4 Å². The molecule has 2 heterocycles. The molecule has 0 aliphatic rings. The molecule has 6 heteroatoms. The second kappa shape index (κ2) is 7.71. The normalized spacial score (nSPS) is 11.1. The molecule has 0 unspecified atom stereocenters. The van der Waals surface area contributed by atoms with Crippen molar-refractivity contribution < 1.29 is 9.18 Å². The third-order valence-electron chi connectivity index (χ3n) is 5.22. The number of para-hydroxylation sites is 1. The van der Waals surface area contributed by atoms with Crippen molar-refractivity contribution in [1.82, 2.24) is 14.8 Å². The Morgan fingerprint density at radius 1 is 1.10 bits per heavy atom. The summed E-state index contributed by atoms with van der Waals surface area (Å²) in [6.07, 6.45) is 0.818. The van der Waals surface area contributed by atoms with Gasteiger partial charge in [0.15, 0.2) is 5.65 Å². The molecule has 0 spiro atoms. The van der Waals surface area contributed by atoms with E-state index in [-0.39, 0.29) is 11.7 Å². The Kier molecular flexibility index (Phi) is 5.08. The summed E-state index contributed by atoms with van der Waals surface area (Å²) >= 11 is 0. The number of rotatable bonds is 4. The Hall–Kier alpha value is -3.54. The molecule has 0 saturated carbocycles. The fourth-order valence-electron chi connectivity index (χ4n) is 3.76. The minimum absolute atomic E-state index is 0.212. The van der Waals surface area contributed by atoms with Crippen LogP contribution >= 0.6 is 0 Å². The van der Waals surface area contributed by atoms with E-state index in [4.69, 9.17) is 0 Å². The lowest BCUT2D eigenvalue weighted by atomic mass is 10.0. The lowest BCUT2D eigenvalue weighted by Crippen LogP contribution is -2.15. The number of carbonyl (C=O) groups excluding carboxylic acids is 1. The largest absolute Gasteiger partial charge is 0.321 e. The summed E-state index contributed by atoms with van der Waals surface area (Å²) in [5, 5.41) is 8.30. The third kappa shape index (κ3) is 3.45. The standard InChI is InChI=1S/C24H23FN4O/c1-5-17-9-6-8-14(2)22(17)27-24(30)20-12-15(3)26-23-21(20)16(4)28-29(23)19-11-7-10-18(25)13-19/h6-13H,5H2,1-4H3,(H,27,30). The molecule has 4 aromatic rings. The second-order valence-corrected chi connectivity index (χ2v) is 7.40. The van der Waals surface area contributed by atoms with Gasteiger partial charge in [-0.3, -0.25) is 4.79 Å². The van der Waals surface area contributed by atoms with Gasteiger partial charge in [-0.25, -0.2) is 14.1 Å². The van der Waals surface area contributed by atoms with Gasteiger partial charge in [0.2, 0.25) is 0 Å². The van der Waals surface area contributed by atoms with Crippen molar-refractivity contribution in [1.29, 1.82) is 0 Å². The first-order chi connectivity index (χ1) is 14.4. The van der Waals surface area contributed by atoms with Crippen molar-refractivity contribution in [3.63, 3.8) is 0 Å². The fourth-order valence-corrected chi connectivity index (χ4v) is 3.76. The highest BCUT2D eigenvalue weighted by Crippen LogP contribution is 2.27. The topological polar surface area (TPSA) is 59.8 Å². The van der Waals surface area contributed by atoms with Crippen LogP contribution in [0.4, 0.5) is 10.1 Å². The van der Waals surface area contributed by atoms with Gasteiger partial charge in [0.25, 0.3) is 5.91 Å². The lowest BCUT2D eigenvalue weighted by Gasteiger charge is -2.14. The fraction of sp³-hybridized carbons (Fsp3) is 0.208. The average Bonchev–Trinajstić information content (AvgIpc) is 3.05. The van der Waals surface area contributed by atoms with Crippen LogP contribution in [0.2, 0.25) is 0 Å². The first-order valence-corrected chi connectivity index (χ1v) is 9.91. The number of nitrogens with one attached hydrogen (secondary N) is 1. The molecule has 1 amide bonds. The van der Waals surface area contributed by atoms with E-state index in [9.17, 15) is 9.18 Å². The summed E-state index contributed by atoms with van der Waals surface area (Å²) < 4.78 is 15.4. The number of anilines is 1. The number of fused-ring (bicyclic) bond motifs is 1. The Balaban J connectivity index is 1.85. The van der Waals surface area contributed by atoms with Crippen molar-refractivity contribution in [3.8, 4) is 5.69 Å². The van der Waals surface area contributed by atoms with Crippen molar-refractivity contribution >= 4 is 22.6 Å². The number of aromatic nitrogens is 3. The number of nitrogens with zero attached hydrogens (tertiary/aromatic N) is 3. The van der Waals surface area contributed by atoms with Crippen LogP contribution in [0.25, 0.3) is 16.7 Å². The smallest absolute Gasteiger partial charge is 0.256 e. The van der Waals surface area contributed by atoms with Crippen LogP contribution in [-0.4, -0.2) is 20.7 Å². The average molecular weight is 402 g/mol. The summed E-state index contributed by atoms with van der Waals surface area (Å²) in [6, 6.07) is 13.9. The van der Waals surface area contributed by atoms with E-state index >= 15 is 0 Å². The van der Waals surface area contributed by atoms with E-state index in [0.717, 1.165) is 23.2 Å². The Bertz CT molecular complexity index is 1280. The van der Waals surface area contributed by atoms with E-state index in [1.165, 1.54) is 12.1 Å². The molecule has 1 N–H and O–H groups in total. The number of hydrogen-bond donors (Lipinski definition) is 1. The van der Waals surface area contributed by atoms with Crippen LogP contribution in [-0.2, 0) is 6.42 Å². The Morgan fingerprint density at radius 3 is 2.60 bits per heavy atom. The van der Waals surface area contributed by atoms with Crippen molar-refractivity contribution in [2.75, 3.05) is 5.32 Å². The molecule has 4 rings (SSSR count). The monoisotopic (exact) mass is 402 g/mol. The first-order valence-electron chi connectivity index (χ1n) is 9.91. The molecule has 0 aliphatic heterocycles. The molecule has 152 valence electrons. The molecule has 0 fully saturated rings. The predicted octanol–water partition coefficient (Wildman–Crippen LogP) is 5.30. The zero-order valence-corrected chi connectivity index (χ0v) is 17.5. The second-order valence-electron chi connectivity index (χ2n) is 7.40. The molecule has 0 saturated heterocycles. The summed E-state index contributed by atoms with van der Waals surface area (Å²) in [7, 11) is 0. The van der Waals surface area contributed by atoms with Gasteiger partial charge in [-0.1, -0.05) is 31.2 Å².